The largest absolute Gasteiger partial charge is 0.493 e. The van der Waals surface area contributed by atoms with Gasteiger partial charge >= 0.3 is 0 Å². The van der Waals surface area contributed by atoms with E-state index in [2.05, 4.69) is 4.98 Å². The molecule has 1 atom stereocenters. The summed E-state index contributed by atoms with van der Waals surface area (Å²) in [5.74, 6) is -0.973. The maximum absolute atomic E-state index is 13.4. The molecule has 0 fully saturated rings. The second kappa shape index (κ2) is 7.94. The van der Waals surface area contributed by atoms with Crippen LogP contribution >= 0.6 is 11.6 Å². The van der Waals surface area contributed by atoms with E-state index in [0.717, 1.165) is 6.07 Å². The third kappa shape index (κ3) is 4.33. The number of carbonyl (C=O) groups excluding carboxylic acids is 1. The Hall–Kier alpha value is -2.38. The van der Waals surface area contributed by atoms with Crippen molar-refractivity contribution >= 4 is 17.5 Å². The van der Waals surface area contributed by atoms with Crippen LogP contribution in [0.5, 0.6) is 11.6 Å². The van der Waals surface area contributed by atoms with Gasteiger partial charge in [0.05, 0.1) is 36.0 Å². The van der Waals surface area contributed by atoms with E-state index in [1.165, 1.54) is 13.2 Å². The van der Waals surface area contributed by atoms with E-state index in [0.29, 0.717) is 18.0 Å². The summed E-state index contributed by atoms with van der Waals surface area (Å²) in [5, 5.41) is -0.159. The summed E-state index contributed by atoms with van der Waals surface area (Å²) in [6.45, 7) is 0.169. The van der Waals surface area contributed by atoms with Crippen molar-refractivity contribution in [1.29, 1.82) is 0 Å². The molecule has 128 valence electrons. The fourth-order valence-corrected chi connectivity index (χ4v) is 2.19. The lowest BCUT2D eigenvalue weighted by Crippen LogP contribution is -2.17. The first-order chi connectivity index (χ1) is 11.4. The van der Waals surface area contributed by atoms with Crippen LogP contribution in [0, 0.1) is 5.82 Å². The van der Waals surface area contributed by atoms with E-state index in [4.69, 9.17) is 32.5 Å². The van der Waals surface area contributed by atoms with Crippen molar-refractivity contribution in [2.45, 2.75) is 12.5 Å². The second-order valence-corrected chi connectivity index (χ2v) is 5.38. The van der Waals surface area contributed by atoms with E-state index >= 15 is 0 Å². The summed E-state index contributed by atoms with van der Waals surface area (Å²) < 4.78 is 24.0. The van der Waals surface area contributed by atoms with Gasteiger partial charge in [-0.3, -0.25) is 4.79 Å². The van der Waals surface area contributed by atoms with E-state index in [-0.39, 0.29) is 22.9 Å². The van der Waals surface area contributed by atoms with E-state index in [9.17, 15) is 9.18 Å². The number of amides is 1. The molecule has 0 bridgehead atoms. The van der Waals surface area contributed by atoms with Crippen molar-refractivity contribution < 1.29 is 18.7 Å². The maximum atomic E-state index is 13.4. The van der Waals surface area contributed by atoms with Crippen molar-refractivity contribution in [1.82, 2.24) is 4.98 Å². The molecule has 0 aliphatic carbocycles. The molecule has 0 saturated heterocycles. The van der Waals surface area contributed by atoms with Crippen LogP contribution in [0.4, 0.5) is 4.39 Å². The Labute approximate surface area is 143 Å². The monoisotopic (exact) mass is 353 g/mol. The number of hydrogen-bond acceptors (Lipinski definition) is 5. The molecule has 8 heteroatoms. The minimum Gasteiger partial charge on any atom is -0.493 e. The summed E-state index contributed by atoms with van der Waals surface area (Å²) in [5.41, 5.74) is 11.8. The van der Waals surface area contributed by atoms with Crippen molar-refractivity contribution in [2.24, 2.45) is 11.5 Å². The van der Waals surface area contributed by atoms with Gasteiger partial charge in [0.15, 0.2) is 0 Å². The highest BCUT2D eigenvalue weighted by atomic mass is 35.5. The van der Waals surface area contributed by atoms with Crippen LogP contribution in [0.15, 0.2) is 30.3 Å². The summed E-state index contributed by atoms with van der Waals surface area (Å²) in [6.07, 6.45) is 0.410. The Morgan fingerprint density at radius 1 is 1.42 bits per heavy atom. The Kier molecular flexibility index (Phi) is 5.94. The number of carbonyl (C=O) groups is 1. The Morgan fingerprint density at radius 2 is 2.17 bits per heavy atom. The van der Waals surface area contributed by atoms with Crippen LogP contribution in [0.2, 0.25) is 5.02 Å². The average Bonchev–Trinajstić information content (AvgIpc) is 2.57. The minimum atomic E-state index is -0.806. The molecular weight excluding hydrogens is 337 g/mol. The molecule has 1 amide bonds. The number of primary amides is 1. The van der Waals surface area contributed by atoms with Gasteiger partial charge in [0, 0.05) is 18.6 Å². The molecule has 1 unspecified atom stereocenters. The summed E-state index contributed by atoms with van der Waals surface area (Å²) >= 11 is 5.71. The number of rotatable bonds is 7. The molecule has 0 aliphatic heterocycles. The van der Waals surface area contributed by atoms with Gasteiger partial charge in [-0.25, -0.2) is 9.37 Å². The quantitative estimate of drug-likeness (QED) is 0.796. The Balaban J connectivity index is 2.03. The normalized spacial score (nSPS) is 11.8. The topological polar surface area (TPSA) is 100 Å². The predicted molar refractivity (Wildman–Crippen MR) is 87.8 cm³/mol. The van der Waals surface area contributed by atoms with Crippen molar-refractivity contribution in [3.63, 3.8) is 0 Å². The molecular formula is C16H17ClFN3O3. The highest BCUT2D eigenvalue weighted by molar-refractivity contribution is 6.31. The molecule has 1 heterocycles. The lowest BCUT2D eigenvalue weighted by Gasteiger charge is -2.14. The smallest absolute Gasteiger partial charge is 0.252 e. The average molecular weight is 354 g/mol. The van der Waals surface area contributed by atoms with Gasteiger partial charge in [-0.05, 0) is 12.1 Å². The summed E-state index contributed by atoms with van der Waals surface area (Å²) in [4.78, 5) is 15.6. The number of hydrogen-bond donors (Lipinski definition) is 2. The van der Waals surface area contributed by atoms with E-state index in [1.807, 2.05) is 0 Å². The number of ether oxygens (including phenoxy) is 2. The number of benzene rings is 1. The van der Waals surface area contributed by atoms with Gasteiger partial charge in [-0.1, -0.05) is 17.7 Å². The van der Waals surface area contributed by atoms with Gasteiger partial charge in [0.2, 0.25) is 5.88 Å². The van der Waals surface area contributed by atoms with Crippen molar-refractivity contribution in [3.05, 3.63) is 52.4 Å². The van der Waals surface area contributed by atoms with Crippen LogP contribution in [0.25, 0.3) is 0 Å². The zero-order valence-corrected chi connectivity index (χ0v) is 13.7. The lowest BCUT2D eigenvalue weighted by atomic mass is 10.1. The molecule has 2 aromatic rings. The van der Waals surface area contributed by atoms with Crippen LogP contribution in [0.1, 0.15) is 28.5 Å². The van der Waals surface area contributed by atoms with Crippen LogP contribution in [-0.4, -0.2) is 24.6 Å². The first-order valence-electron chi connectivity index (χ1n) is 7.10. The van der Waals surface area contributed by atoms with Crippen LogP contribution in [0.3, 0.4) is 0 Å². The number of aromatic nitrogens is 1. The fraction of sp³-hybridized carbons (Fsp3) is 0.250. The first-order valence-corrected chi connectivity index (χ1v) is 7.48. The zero-order valence-electron chi connectivity index (χ0n) is 13.0. The summed E-state index contributed by atoms with van der Waals surface area (Å²) in [6, 6.07) is 7.04. The number of pyridine rings is 1. The molecule has 4 N–H and O–H groups in total. The SMILES string of the molecule is COc1cccc(C(N)CCOc2cc(Cl)c(F)cc2C(N)=O)n1. The Morgan fingerprint density at radius 3 is 2.83 bits per heavy atom. The summed E-state index contributed by atoms with van der Waals surface area (Å²) in [7, 11) is 1.52. The van der Waals surface area contributed by atoms with E-state index < -0.39 is 17.8 Å². The highest BCUT2D eigenvalue weighted by Gasteiger charge is 2.15. The molecule has 2 rings (SSSR count). The molecule has 6 nitrogen and oxygen atoms in total. The maximum Gasteiger partial charge on any atom is 0.252 e. The van der Waals surface area contributed by atoms with Gasteiger partial charge in [-0.2, -0.15) is 0 Å². The molecule has 24 heavy (non-hydrogen) atoms. The zero-order chi connectivity index (χ0) is 17.7. The third-order valence-corrected chi connectivity index (χ3v) is 3.60. The molecule has 0 aliphatic rings. The molecule has 0 radical (unpaired) electrons. The lowest BCUT2D eigenvalue weighted by molar-refractivity contribution is 0.0995. The van der Waals surface area contributed by atoms with Gasteiger partial charge in [0.1, 0.15) is 11.6 Å². The third-order valence-electron chi connectivity index (χ3n) is 3.31. The van der Waals surface area contributed by atoms with Gasteiger partial charge in [-0.15, -0.1) is 0 Å². The van der Waals surface area contributed by atoms with Crippen LogP contribution in [-0.2, 0) is 0 Å². The minimum absolute atomic E-state index is 0.0787. The Bertz CT molecular complexity index is 743. The van der Waals surface area contributed by atoms with Crippen molar-refractivity contribution in [2.75, 3.05) is 13.7 Å². The molecule has 0 spiro atoms. The second-order valence-electron chi connectivity index (χ2n) is 4.98. The van der Waals surface area contributed by atoms with Gasteiger partial charge in [0.25, 0.3) is 5.91 Å². The predicted octanol–water partition coefficient (Wildman–Crippen LogP) is 2.45. The molecule has 1 aromatic carbocycles. The first kappa shape index (κ1) is 18.0. The standard InChI is InChI=1S/C16H17ClFN3O3/c1-23-15-4-2-3-13(21-15)12(19)5-6-24-14-8-10(17)11(18)7-9(14)16(20)22/h2-4,7-8,12H,5-6,19H2,1H3,(H2,20,22). The number of halogens is 2. The fourth-order valence-electron chi connectivity index (χ4n) is 2.04. The number of nitrogens with two attached hydrogens (primary N) is 2. The highest BCUT2D eigenvalue weighted by Crippen LogP contribution is 2.27. The van der Waals surface area contributed by atoms with E-state index in [1.54, 1.807) is 18.2 Å². The number of nitrogens with zero attached hydrogens (tertiary/aromatic N) is 1. The molecule has 0 saturated carbocycles. The molecule has 1 aromatic heterocycles. The van der Waals surface area contributed by atoms with Crippen molar-refractivity contribution in [3.8, 4) is 11.6 Å². The number of methoxy groups -OCH3 is 1. The van der Waals surface area contributed by atoms with Gasteiger partial charge < -0.3 is 20.9 Å². The van der Waals surface area contributed by atoms with Crippen LogP contribution < -0.4 is 20.9 Å².